The van der Waals surface area contributed by atoms with Crippen molar-refractivity contribution in [3.8, 4) is 0 Å². The van der Waals surface area contributed by atoms with Crippen molar-refractivity contribution >= 4 is 55.9 Å². The Morgan fingerprint density at radius 3 is 2.90 bits per heavy atom. The number of carbonyl (C=O) groups is 3. The summed E-state index contributed by atoms with van der Waals surface area (Å²) in [6.07, 6.45) is 4.79. The molecule has 0 unspecified atom stereocenters. The highest BCUT2D eigenvalue weighted by Gasteiger charge is 2.27. The van der Waals surface area contributed by atoms with Gasteiger partial charge >= 0.3 is 0 Å². The van der Waals surface area contributed by atoms with Crippen LogP contribution in [-0.2, 0) is 28.9 Å². The maximum Gasteiger partial charge on any atom is 0.251 e. The van der Waals surface area contributed by atoms with Crippen LogP contribution in [0.3, 0.4) is 0 Å². The monoisotopic (exact) mass is 441 g/mol. The number of carbonyl (C=O) groups excluding carboxylic acids is 3. The molecule has 2 aromatic heterocycles. The topological polar surface area (TPSA) is 105 Å². The van der Waals surface area contributed by atoms with E-state index in [0.717, 1.165) is 57.9 Å². The van der Waals surface area contributed by atoms with E-state index in [2.05, 4.69) is 17.2 Å². The average molecular weight is 442 g/mol. The molecule has 0 radical (unpaired) electrons. The maximum absolute atomic E-state index is 12.4. The number of amides is 2. The number of para-hydroxylation sites is 1. The minimum absolute atomic E-state index is 0.00163. The summed E-state index contributed by atoms with van der Waals surface area (Å²) in [6, 6.07) is 7.80. The third-order valence-electron chi connectivity index (χ3n) is 5.38. The fraction of sp³-hybridized carbons (Fsp3) is 0.318. The van der Waals surface area contributed by atoms with Crippen LogP contribution >= 0.6 is 23.1 Å². The number of thioether (sulfide) groups is 1. The molecule has 0 saturated carbocycles. The second-order valence-electron chi connectivity index (χ2n) is 7.67. The highest BCUT2D eigenvalue weighted by Crippen LogP contribution is 2.39. The second kappa shape index (κ2) is 8.65. The van der Waals surface area contributed by atoms with E-state index < -0.39 is 5.91 Å². The molecule has 0 aliphatic heterocycles. The highest BCUT2D eigenvalue weighted by molar-refractivity contribution is 8.14. The first kappa shape index (κ1) is 20.7. The highest BCUT2D eigenvalue weighted by atomic mass is 32.2. The van der Waals surface area contributed by atoms with Gasteiger partial charge in [0.1, 0.15) is 5.00 Å². The number of primary amides is 1. The Hall–Kier alpha value is -2.58. The van der Waals surface area contributed by atoms with E-state index in [1.54, 1.807) is 0 Å². The molecule has 2 heterocycles. The Bertz CT molecular complexity index is 1130. The summed E-state index contributed by atoms with van der Waals surface area (Å²) in [4.78, 5) is 41.1. The number of anilines is 1. The number of aromatic nitrogens is 1. The van der Waals surface area contributed by atoms with E-state index >= 15 is 0 Å². The smallest absolute Gasteiger partial charge is 0.251 e. The Balaban J connectivity index is 1.38. The first-order chi connectivity index (χ1) is 14.4. The summed E-state index contributed by atoms with van der Waals surface area (Å²) in [5.41, 5.74) is 8.90. The summed E-state index contributed by atoms with van der Waals surface area (Å²) >= 11 is 2.41. The number of benzene rings is 1. The van der Waals surface area contributed by atoms with Gasteiger partial charge in [-0.15, -0.1) is 11.3 Å². The predicted octanol–water partition coefficient (Wildman–Crippen LogP) is 3.89. The third-order valence-corrected chi connectivity index (χ3v) is 7.43. The first-order valence-electron chi connectivity index (χ1n) is 9.87. The molecule has 2 amide bonds. The molecule has 156 valence electrons. The summed E-state index contributed by atoms with van der Waals surface area (Å²) in [5, 5.41) is 4.25. The van der Waals surface area contributed by atoms with E-state index in [9.17, 15) is 14.4 Å². The summed E-state index contributed by atoms with van der Waals surface area (Å²) in [7, 11) is 0. The van der Waals surface area contributed by atoms with Crippen molar-refractivity contribution in [1.29, 1.82) is 0 Å². The normalized spacial score (nSPS) is 15.7. The van der Waals surface area contributed by atoms with Crippen molar-refractivity contribution in [2.45, 2.75) is 32.6 Å². The first-order valence-corrected chi connectivity index (χ1v) is 11.7. The van der Waals surface area contributed by atoms with Crippen LogP contribution in [0, 0.1) is 5.92 Å². The zero-order valence-corrected chi connectivity index (χ0v) is 18.3. The van der Waals surface area contributed by atoms with Crippen molar-refractivity contribution in [2.75, 3.05) is 11.1 Å². The molecule has 3 aromatic rings. The van der Waals surface area contributed by atoms with Crippen molar-refractivity contribution in [3.05, 3.63) is 52.0 Å². The van der Waals surface area contributed by atoms with E-state index in [-0.39, 0.29) is 23.2 Å². The SMILES string of the molecule is C[C@H]1CCc2c(sc(NC(=O)CSC(=O)Cc3c[nH]c4ccccc34)c2C(N)=O)C1. The van der Waals surface area contributed by atoms with Crippen LogP contribution < -0.4 is 11.1 Å². The van der Waals surface area contributed by atoms with Crippen LogP contribution in [0.2, 0.25) is 0 Å². The Labute approximate surface area is 182 Å². The molecule has 30 heavy (non-hydrogen) atoms. The average Bonchev–Trinajstić information content (AvgIpc) is 3.27. The van der Waals surface area contributed by atoms with E-state index in [1.807, 2.05) is 30.5 Å². The zero-order valence-electron chi connectivity index (χ0n) is 16.6. The standard InChI is InChI=1S/C22H23N3O3S2/c1-12-6-7-15-17(8-12)30-22(20(15)21(23)28)25-18(26)11-29-19(27)9-13-10-24-16-5-3-2-4-14(13)16/h2-5,10,12,24H,6-9,11H2,1H3,(H2,23,28)(H,25,26)/t12-/m0/s1. The van der Waals surface area contributed by atoms with Gasteiger partial charge in [0.25, 0.3) is 5.91 Å². The molecule has 0 bridgehead atoms. The molecule has 0 fully saturated rings. The summed E-state index contributed by atoms with van der Waals surface area (Å²) in [6.45, 7) is 2.18. The fourth-order valence-corrected chi connectivity index (χ4v) is 5.95. The lowest BCUT2D eigenvalue weighted by molar-refractivity contribution is -0.114. The Morgan fingerprint density at radius 1 is 1.30 bits per heavy atom. The van der Waals surface area contributed by atoms with Crippen molar-refractivity contribution in [2.24, 2.45) is 11.7 Å². The van der Waals surface area contributed by atoms with E-state index in [1.165, 1.54) is 11.3 Å². The lowest BCUT2D eigenvalue weighted by atomic mass is 9.88. The van der Waals surface area contributed by atoms with Crippen LogP contribution in [0.25, 0.3) is 10.9 Å². The van der Waals surface area contributed by atoms with Crippen LogP contribution in [0.5, 0.6) is 0 Å². The van der Waals surface area contributed by atoms with Gasteiger partial charge in [0.2, 0.25) is 5.91 Å². The zero-order chi connectivity index (χ0) is 21.3. The van der Waals surface area contributed by atoms with Crippen LogP contribution in [0.4, 0.5) is 5.00 Å². The van der Waals surface area contributed by atoms with Gasteiger partial charge in [0, 0.05) is 28.4 Å². The molecule has 8 heteroatoms. The lowest BCUT2D eigenvalue weighted by Gasteiger charge is -2.18. The van der Waals surface area contributed by atoms with E-state index in [4.69, 9.17) is 5.73 Å². The quantitative estimate of drug-likeness (QED) is 0.540. The largest absolute Gasteiger partial charge is 0.365 e. The molecule has 1 atom stereocenters. The van der Waals surface area contributed by atoms with Crippen molar-refractivity contribution in [1.82, 2.24) is 4.98 Å². The number of hydrogen-bond donors (Lipinski definition) is 3. The molecular weight excluding hydrogens is 418 g/mol. The van der Waals surface area contributed by atoms with Gasteiger partial charge < -0.3 is 16.0 Å². The Kier molecular flexibility index (Phi) is 5.97. The van der Waals surface area contributed by atoms with Crippen molar-refractivity contribution in [3.63, 3.8) is 0 Å². The number of thiophene rings is 1. The maximum atomic E-state index is 12.4. The number of nitrogens with one attached hydrogen (secondary N) is 2. The minimum Gasteiger partial charge on any atom is -0.365 e. The number of H-pyrrole nitrogens is 1. The molecular formula is C22H23N3O3S2. The molecule has 6 nitrogen and oxygen atoms in total. The van der Waals surface area contributed by atoms with Gasteiger partial charge in [0.05, 0.1) is 11.3 Å². The molecule has 4 rings (SSSR count). The van der Waals surface area contributed by atoms with Crippen LogP contribution in [0.15, 0.2) is 30.5 Å². The molecule has 0 saturated heterocycles. The van der Waals surface area contributed by atoms with E-state index in [0.29, 0.717) is 16.5 Å². The molecule has 1 aliphatic rings. The molecule has 4 N–H and O–H groups in total. The van der Waals surface area contributed by atoms with Gasteiger partial charge in [-0.1, -0.05) is 36.9 Å². The molecule has 1 aliphatic carbocycles. The minimum atomic E-state index is -0.514. The molecule has 1 aromatic carbocycles. The van der Waals surface area contributed by atoms with Crippen molar-refractivity contribution < 1.29 is 14.4 Å². The number of rotatable bonds is 6. The lowest BCUT2D eigenvalue weighted by Crippen LogP contribution is -2.20. The van der Waals surface area contributed by atoms with Gasteiger partial charge in [-0.3, -0.25) is 14.4 Å². The van der Waals surface area contributed by atoms with Crippen LogP contribution in [0.1, 0.15) is 39.7 Å². The third kappa shape index (κ3) is 4.29. The van der Waals surface area contributed by atoms with Gasteiger partial charge in [-0.2, -0.15) is 0 Å². The second-order valence-corrected chi connectivity index (χ2v) is 9.80. The number of hydrogen-bond acceptors (Lipinski definition) is 5. The van der Waals surface area contributed by atoms with Gasteiger partial charge in [-0.25, -0.2) is 0 Å². The van der Waals surface area contributed by atoms with Gasteiger partial charge in [0.15, 0.2) is 5.12 Å². The molecule has 0 spiro atoms. The number of aromatic amines is 1. The number of fused-ring (bicyclic) bond motifs is 2. The number of nitrogens with two attached hydrogens (primary N) is 1. The summed E-state index contributed by atoms with van der Waals surface area (Å²) in [5.74, 6) is -0.266. The van der Waals surface area contributed by atoms with Crippen LogP contribution in [-0.4, -0.2) is 27.7 Å². The predicted molar refractivity (Wildman–Crippen MR) is 122 cm³/mol. The fourth-order valence-electron chi connectivity index (χ4n) is 3.89. The Morgan fingerprint density at radius 2 is 2.10 bits per heavy atom. The summed E-state index contributed by atoms with van der Waals surface area (Å²) < 4.78 is 0. The van der Waals surface area contributed by atoms with Gasteiger partial charge in [-0.05, 0) is 42.4 Å².